The summed E-state index contributed by atoms with van der Waals surface area (Å²) in [6.45, 7) is 1.66. The molecule has 0 amide bonds. The van der Waals surface area contributed by atoms with E-state index in [0.717, 1.165) is 11.5 Å². The Kier molecular flexibility index (Phi) is 8.72. The van der Waals surface area contributed by atoms with Gasteiger partial charge in [-0.15, -0.1) is 0 Å². The van der Waals surface area contributed by atoms with Crippen LogP contribution in [0.25, 0.3) is 0 Å². The fraction of sp³-hybridized carbons (Fsp3) is 1.00. The Balaban J connectivity index is 3.85. The van der Waals surface area contributed by atoms with Crippen LogP contribution in [0.5, 0.6) is 0 Å². The van der Waals surface area contributed by atoms with Gasteiger partial charge in [-0.3, -0.25) is 0 Å². The highest BCUT2D eigenvalue weighted by molar-refractivity contribution is 8.55. The summed E-state index contributed by atoms with van der Waals surface area (Å²) in [7, 11) is 0. The first-order valence-electron chi connectivity index (χ1n) is 4.21. The SMILES string of the molecule is CCOP(=O)(OCC)SCCSC. The molecule has 0 aromatic rings. The van der Waals surface area contributed by atoms with Crippen molar-refractivity contribution in [1.82, 2.24) is 0 Å². The standard InChI is InChI=1S/C7H17O3PS2/c1-4-9-11(8,10-5-2)13-7-6-12-3/h4-7H2,1-3H3. The van der Waals surface area contributed by atoms with Crippen molar-refractivity contribution in [3.8, 4) is 0 Å². The molecule has 0 aliphatic carbocycles. The second-order valence-electron chi connectivity index (χ2n) is 2.11. The minimum absolute atomic E-state index is 0.434. The van der Waals surface area contributed by atoms with Gasteiger partial charge in [-0.05, 0) is 31.5 Å². The molecule has 0 aromatic carbocycles. The van der Waals surface area contributed by atoms with E-state index in [2.05, 4.69) is 0 Å². The Hall–Kier alpha value is 0.850. The Morgan fingerprint density at radius 2 is 1.69 bits per heavy atom. The van der Waals surface area contributed by atoms with Crippen molar-refractivity contribution in [3.05, 3.63) is 0 Å². The molecule has 0 aliphatic heterocycles. The third-order valence-corrected chi connectivity index (χ3v) is 5.96. The number of hydrogen-bond acceptors (Lipinski definition) is 5. The summed E-state index contributed by atoms with van der Waals surface area (Å²) in [5.41, 5.74) is 0. The van der Waals surface area contributed by atoms with Crippen molar-refractivity contribution in [2.75, 3.05) is 31.0 Å². The molecule has 0 saturated heterocycles. The fourth-order valence-electron chi connectivity index (χ4n) is 0.660. The first-order chi connectivity index (χ1) is 6.18. The smallest absolute Gasteiger partial charge is 0.301 e. The van der Waals surface area contributed by atoms with Gasteiger partial charge < -0.3 is 9.05 Å². The number of rotatable bonds is 8. The second kappa shape index (κ2) is 8.18. The Bertz CT molecular complexity index is 156. The highest BCUT2D eigenvalue weighted by Gasteiger charge is 2.23. The summed E-state index contributed by atoms with van der Waals surface area (Å²) < 4.78 is 22.0. The maximum atomic E-state index is 11.8. The molecule has 3 nitrogen and oxygen atoms in total. The van der Waals surface area contributed by atoms with Crippen molar-refractivity contribution < 1.29 is 13.6 Å². The zero-order valence-electron chi connectivity index (χ0n) is 8.32. The van der Waals surface area contributed by atoms with Crippen molar-refractivity contribution in [1.29, 1.82) is 0 Å². The van der Waals surface area contributed by atoms with Gasteiger partial charge in [-0.25, -0.2) is 4.57 Å². The van der Waals surface area contributed by atoms with E-state index in [1.807, 2.05) is 20.1 Å². The molecule has 13 heavy (non-hydrogen) atoms. The largest absolute Gasteiger partial charge is 0.389 e. The summed E-state index contributed by atoms with van der Waals surface area (Å²) in [5.74, 6) is 1.77. The minimum atomic E-state index is -2.85. The van der Waals surface area contributed by atoms with E-state index < -0.39 is 6.80 Å². The van der Waals surface area contributed by atoms with E-state index in [1.165, 1.54) is 11.4 Å². The van der Waals surface area contributed by atoms with Gasteiger partial charge in [0.25, 0.3) is 0 Å². The minimum Gasteiger partial charge on any atom is -0.301 e. The van der Waals surface area contributed by atoms with Gasteiger partial charge in [0.2, 0.25) is 0 Å². The predicted molar refractivity (Wildman–Crippen MR) is 61.7 cm³/mol. The second-order valence-corrected chi connectivity index (χ2v) is 7.29. The lowest BCUT2D eigenvalue weighted by Crippen LogP contribution is -1.94. The van der Waals surface area contributed by atoms with Crippen LogP contribution in [0, 0.1) is 0 Å². The normalized spacial score (nSPS) is 11.9. The molecule has 0 N–H and O–H groups in total. The molecule has 0 atom stereocenters. The van der Waals surface area contributed by atoms with Crippen LogP contribution in [0.2, 0.25) is 0 Å². The molecule has 0 spiro atoms. The van der Waals surface area contributed by atoms with Gasteiger partial charge in [-0.1, -0.05) is 0 Å². The molecule has 0 saturated carbocycles. The van der Waals surface area contributed by atoms with Crippen LogP contribution in [0.15, 0.2) is 0 Å². The van der Waals surface area contributed by atoms with Crippen LogP contribution in [-0.2, 0) is 13.6 Å². The molecule has 0 rings (SSSR count). The lowest BCUT2D eigenvalue weighted by atomic mass is 10.9. The van der Waals surface area contributed by atoms with Gasteiger partial charge in [0.1, 0.15) is 0 Å². The predicted octanol–water partition coefficient (Wildman–Crippen LogP) is 3.26. The van der Waals surface area contributed by atoms with Crippen LogP contribution in [-0.4, -0.2) is 31.0 Å². The van der Waals surface area contributed by atoms with E-state index in [-0.39, 0.29) is 0 Å². The quantitative estimate of drug-likeness (QED) is 0.483. The van der Waals surface area contributed by atoms with E-state index >= 15 is 0 Å². The summed E-state index contributed by atoms with van der Waals surface area (Å²) >= 11 is 3.01. The van der Waals surface area contributed by atoms with Crippen molar-refractivity contribution in [2.24, 2.45) is 0 Å². The molecule has 0 unspecified atom stereocenters. The average Bonchev–Trinajstić information content (AvgIpc) is 2.05. The molecular weight excluding hydrogens is 227 g/mol. The third-order valence-electron chi connectivity index (χ3n) is 1.11. The lowest BCUT2D eigenvalue weighted by molar-refractivity contribution is 0.237. The molecule has 0 heterocycles. The Morgan fingerprint density at radius 1 is 1.15 bits per heavy atom. The van der Waals surface area contributed by atoms with Gasteiger partial charge >= 0.3 is 6.80 Å². The molecule has 0 fully saturated rings. The van der Waals surface area contributed by atoms with E-state index in [1.54, 1.807) is 11.8 Å². The third kappa shape index (κ3) is 6.86. The van der Waals surface area contributed by atoms with Crippen molar-refractivity contribution >= 4 is 29.9 Å². The molecule has 80 valence electrons. The monoisotopic (exact) mass is 244 g/mol. The van der Waals surface area contributed by atoms with Crippen LogP contribution >= 0.6 is 29.9 Å². The maximum Gasteiger partial charge on any atom is 0.389 e. The highest BCUT2D eigenvalue weighted by Crippen LogP contribution is 2.60. The van der Waals surface area contributed by atoms with Crippen molar-refractivity contribution in [2.45, 2.75) is 13.8 Å². The lowest BCUT2D eigenvalue weighted by Gasteiger charge is -2.15. The molecule has 0 aromatic heterocycles. The Labute approximate surface area is 88.6 Å². The number of thioether (sulfide) groups is 1. The molecule has 0 radical (unpaired) electrons. The summed E-state index contributed by atoms with van der Waals surface area (Å²) in [6.07, 6.45) is 2.02. The zero-order chi connectivity index (χ0) is 10.2. The van der Waals surface area contributed by atoms with Crippen LogP contribution < -0.4 is 0 Å². The first kappa shape index (κ1) is 13.8. The van der Waals surface area contributed by atoms with Crippen LogP contribution in [0.3, 0.4) is 0 Å². The summed E-state index contributed by atoms with van der Waals surface area (Å²) in [6, 6.07) is 0. The Morgan fingerprint density at radius 3 is 2.08 bits per heavy atom. The maximum absolute atomic E-state index is 11.8. The van der Waals surface area contributed by atoms with Gasteiger partial charge in [0.05, 0.1) is 13.2 Å². The topological polar surface area (TPSA) is 35.5 Å². The highest BCUT2D eigenvalue weighted by atomic mass is 32.7. The summed E-state index contributed by atoms with van der Waals surface area (Å²) in [5, 5.41) is 0. The molecule has 0 bridgehead atoms. The van der Waals surface area contributed by atoms with E-state index in [4.69, 9.17) is 9.05 Å². The molecule has 0 aliphatic rings. The fourth-order valence-corrected chi connectivity index (χ4v) is 5.13. The average molecular weight is 244 g/mol. The summed E-state index contributed by atoms with van der Waals surface area (Å²) in [4.78, 5) is 0. The van der Waals surface area contributed by atoms with Gasteiger partial charge in [-0.2, -0.15) is 11.8 Å². The van der Waals surface area contributed by atoms with Crippen LogP contribution in [0.1, 0.15) is 13.8 Å². The van der Waals surface area contributed by atoms with Crippen molar-refractivity contribution in [3.63, 3.8) is 0 Å². The van der Waals surface area contributed by atoms with Gasteiger partial charge in [0.15, 0.2) is 0 Å². The number of hydrogen-bond donors (Lipinski definition) is 0. The van der Waals surface area contributed by atoms with Gasteiger partial charge in [0, 0.05) is 11.5 Å². The zero-order valence-corrected chi connectivity index (χ0v) is 10.8. The van der Waals surface area contributed by atoms with E-state index in [9.17, 15) is 4.57 Å². The molecule has 6 heteroatoms. The van der Waals surface area contributed by atoms with Crippen LogP contribution in [0.4, 0.5) is 0 Å². The molecular formula is C7H17O3PS2. The first-order valence-corrected chi connectivity index (χ1v) is 8.73. The van der Waals surface area contributed by atoms with E-state index in [0.29, 0.717) is 13.2 Å².